The molecule has 1 heterocycles. The fourth-order valence-corrected chi connectivity index (χ4v) is 6.89. The molecule has 1 nitrogen and oxygen atoms in total. The van der Waals surface area contributed by atoms with Crippen molar-refractivity contribution in [3.05, 3.63) is 163 Å². The fourth-order valence-electron chi connectivity index (χ4n) is 6.89. The predicted octanol–water partition coefficient (Wildman–Crippen LogP) is 11.3. The molecule has 44 heavy (non-hydrogen) atoms. The molecule has 0 bridgehead atoms. The first-order valence-electron chi connectivity index (χ1n) is 15.4. The summed E-state index contributed by atoms with van der Waals surface area (Å²) in [4.78, 5) is 0. The number of aryl methyl sites for hydroxylation is 1. The summed E-state index contributed by atoms with van der Waals surface area (Å²) in [5.74, 6) is 0. The molecule has 1 aliphatic rings. The van der Waals surface area contributed by atoms with Gasteiger partial charge in [-0.15, -0.1) is 0 Å². The summed E-state index contributed by atoms with van der Waals surface area (Å²) in [5, 5.41) is 11.2. The van der Waals surface area contributed by atoms with Crippen LogP contribution in [0, 0.1) is 6.92 Å². The van der Waals surface area contributed by atoms with Crippen LogP contribution in [0.3, 0.4) is 0 Å². The Morgan fingerprint density at radius 1 is 0.455 bits per heavy atom. The van der Waals surface area contributed by atoms with Crippen LogP contribution in [0.1, 0.15) is 18.1 Å². The molecule has 0 aromatic heterocycles. The monoisotopic (exact) mass is 563 g/mol. The standard InChI is InChI=1S/C43H33N/c1-28-18-20-30(21-19-28)33-26-27-40(35-12-4-3-11-34(33)35)43-38-15-7-5-13-36(38)42(37-14-6-8-16-39(37)43)32-24-22-31(23-25-32)41-17-9-10-29(2)44-41/h3-27,29,44H,1-2H3. The van der Waals surface area contributed by atoms with Crippen LogP contribution in [0.4, 0.5) is 0 Å². The van der Waals surface area contributed by atoms with E-state index in [1.807, 2.05) is 0 Å². The quantitative estimate of drug-likeness (QED) is 0.210. The van der Waals surface area contributed by atoms with Crippen molar-refractivity contribution in [2.24, 2.45) is 0 Å². The second-order valence-corrected chi connectivity index (χ2v) is 11.9. The summed E-state index contributed by atoms with van der Waals surface area (Å²) in [7, 11) is 0. The normalized spacial score (nSPS) is 14.6. The molecule has 0 radical (unpaired) electrons. The third-order valence-corrected chi connectivity index (χ3v) is 9.02. The summed E-state index contributed by atoms with van der Waals surface area (Å²) < 4.78 is 0. The van der Waals surface area contributed by atoms with Gasteiger partial charge in [-0.25, -0.2) is 0 Å². The van der Waals surface area contributed by atoms with Crippen molar-refractivity contribution in [1.29, 1.82) is 0 Å². The molecule has 7 aromatic carbocycles. The van der Waals surface area contributed by atoms with Gasteiger partial charge in [0.15, 0.2) is 0 Å². The number of hydrogen-bond donors (Lipinski definition) is 1. The smallest absolute Gasteiger partial charge is 0.0419 e. The van der Waals surface area contributed by atoms with Crippen molar-refractivity contribution >= 4 is 38.0 Å². The van der Waals surface area contributed by atoms with Crippen molar-refractivity contribution in [3.63, 3.8) is 0 Å². The van der Waals surface area contributed by atoms with E-state index < -0.39 is 0 Å². The van der Waals surface area contributed by atoms with Gasteiger partial charge >= 0.3 is 0 Å². The Hall–Kier alpha value is -5.40. The molecule has 0 aliphatic carbocycles. The van der Waals surface area contributed by atoms with Crippen LogP contribution in [0.25, 0.3) is 71.4 Å². The van der Waals surface area contributed by atoms with E-state index in [1.54, 1.807) is 0 Å². The number of hydrogen-bond acceptors (Lipinski definition) is 1. The van der Waals surface area contributed by atoms with Crippen LogP contribution >= 0.6 is 0 Å². The molecule has 1 atom stereocenters. The lowest BCUT2D eigenvalue weighted by Gasteiger charge is -2.20. The van der Waals surface area contributed by atoms with Crippen molar-refractivity contribution in [2.75, 3.05) is 0 Å². The highest BCUT2D eigenvalue weighted by Crippen LogP contribution is 2.46. The summed E-state index contributed by atoms with van der Waals surface area (Å²) >= 11 is 0. The van der Waals surface area contributed by atoms with Crippen LogP contribution in [-0.4, -0.2) is 6.04 Å². The molecule has 1 N–H and O–H groups in total. The first-order chi connectivity index (χ1) is 21.7. The van der Waals surface area contributed by atoms with Crippen LogP contribution in [0.5, 0.6) is 0 Å². The average Bonchev–Trinajstić information content (AvgIpc) is 3.07. The Labute approximate surface area is 258 Å². The zero-order valence-electron chi connectivity index (χ0n) is 25.0. The first kappa shape index (κ1) is 26.2. The van der Waals surface area contributed by atoms with E-state index in [4.69, 9.17) is 0 Å². The molecule has 0 fully saturated rings. The minimum atomic E-state index is 0.331. The maximum Gasteiger partial charge on any atom is 0.0419 e. The molecule has 0 spiro atoms. The third kappa shape index (κ3) is 4.41. The Morgan fingerprint density at radius 3 is 1.52 bits per heavy atom. The van der Waals surface area contributed by atoms with Crippen LogP contribution < -0.4 is 5.32 Å². The van der Waals surface area contributed by atoms with Crippen molar-refractivity contribution in [1.82, 2.24) is 5.32 Å². The molecule has 1 aliphatic heterocycles. The predicted molar refractivity (Wildman–Crippen MR) is 190 cm³/mol. The van der Waals surface area contributed by atoms with Crippen molar-refractivity contribution in [2.45, 2.75) is 19.9 Å². The Bertz CT molecular complexity index is 2190. The Morgan fingerprint density at radius 2 is 0.932 bits per heavy atom. The SMILES string of the molecule is Cc1ccc(-c2ccc(-c3c4ccccc4c(-c4ccc(C5=CC=CC(C)N5)cc4)c4ccccc34)c3ccccc23)cc1. The second kappa shape index (κ2) is 10.7. The highest BCUT2D eigenvalue weighted by molar-refractivity contribution is 6.24. The number of dihydropyridines is 1. The zero-order valence-corrected chi connectivity index (χ0v) is 25.0. The number of nitrogens with one attached hydrogen (secondary N) is 1. The molecule has 1 unspecified atom stereocenters. The topological polar surface area (TPSA) is 12.0 Å². The largest absolute Gasteiger partial charge is 0.379 e. The number of rotatable bonds is 4. The van der Waals surface area contributed by atoms with E-state index in [1.165, 1.54) is 76.8 Å². The lowest BCUT2D eigenvalue weighted by atomic mass is 9.83. The van der Waals surface area contributed by atoms with Gasteiger partial charge in [0.25, 0.3) is 0 Å². The highest BCUT2D eigenvalue weighted by Gasteiger charge is 2.19. The molecule has 8 rings (SSSR count). The Balaban J connectivity index is 1.36. The van der Waals surface area contributed by atoms with E-state index in [0.717, 1.165) is 5.70 Å². The summed E-state index contributed by atoms with van der Waals surface area (Å²) in [5.41, 5.74) is 11.2. The van der Waals surface area contributed by atoms with Gasteiger partial charge in [0, 0.05) is 11.7 Å². The highest BCUT2D eigenvalue weighted by atomic mass is 14.9. The van der Waals surface area contributed by atoms with Gasteiger partial charge in [-0.05, 0) is 91.2 Å². The van der Waals surface area contributed by atoms with Crippen LogP contribution in [0.2, 0.25) is 0 Å². The number of benzene rings is 7. The van der Waals surface area contributed by atoms with E-state index in [9.17, 15) is 0 Å². The van der Waals surface area contributed by atoms with Gasteiger partial charge < -0.3 is 5.32 Å². The van der Waals surface area contributed by atoms with E-state index in [-0.39, 0.29) is 0 Å². The molecule has 0 saturated heterocycles. The van der Waals surface area contributed by atoms with Crippen molar-refractivity contribution in [3.8, 4) is 33.4 Å². The molecule has 210 valence electrons. The molecule has 7 aromatic rings. The van der Waals surface area contributed by atoms with Crippen LogP contribution in [-0.2, 0) is 0 Å². The van der Waals surface area contributed by atoms with Gasteiger partial charge in [-0.1, -0.05) is 151 Å². The van der Waals surface area contributed by atoms with Gasteiger partial charge in [-0.2, -0.15) is 0 Å². The van der Waals surface area contributed by atoms with E-state index in [2.05, 4.69) is 171 Å². The minimum Gasteiger partial charge on any atom is -0.379 e. The van der Waals surface area contributed by atoms with Gasteiger partial charge in [0.2, 0.25) is 0 Å². The average molecular weight is 564 g/mol. The molecular weight excluding hydrogens is 530 g/mol. The van der Waals surface area contributed by atoms with Gasteiger partial charge in [-0.3, -0.25) is 0 Å². The van der Waals surface area contributed by atoms with Crippen LogP contribution in [0.15, 0.2) is 152 Å². The molecule has 1 heteroatoms. The first-order valence-corrected chi connectivity index (χ1v) is 15.4. The fraction of sp³-hybridized carbons (Fsp3) is 0.0698. The molecular formula is C43H33N. The summed E-state index contributed by atoms with van der Waals surface area (Å²) in [6.45, 7) is 4.32. The lowest BCUT2D eigenvalue weighted by Crippen LogP contribution is -2.24. The summed E-state index contributed by atoms with van der Waals surface area (Å²) in [6.07, 6.45) is 6.47. The van der Waals surface area contributed by atoms with Gasteiger partial charge in [0.1, 0.15) is 0 Å². The lowest BCUT2D eigenvalue weighted by molar-refractivity contribution is 0.778. The van der Waals surface area contributed by atoms with Gasteiger partial charge in [0.05, 0.1) is 0 Å². The molecule has 0 saturated carbocycles. The van der Waals surface area contributed by atoms with E-state index >= 15 is 0 Å². The number of allylic oxidation sites excluding steroid dienone is 2. The maximum atomic E-state index is 3.58. The maximum absolute atomic E-state index is 3.58. The summed E-state index contributed by atoms with van der Waals surface area (Å²) in [6, 6.07) is 49.6. The van der Waals surface area contributed by atoms with Crippen molar-refractivity contribution < 1.29 is 0 Å². The second-order valence-electron chi connectivity index (χ2n) is 11.9. The Kier molecular flexibility index (Phi) is 6.38. The molecule has 0 amide bonds. The number of fused-ring (bicyclic) bond motifs is 3. The third-order valence-electron chi connectivity index (χ3n) is 9.02. The minimum absolute atomic E-state index is 0.331. The van der Waals surface area contributed by atoms with E-state index in [0.29, 0.717) is 6.04 Å². The zero-order chi connectivity index (χ0) is 29.6.